The van der Waals surface area contributed by atoms with Crippen molar-refractivity contribution in [2.75, 3.05) is 26.4 Å². The molecule has 0 bridgehead atoms. The topological polar surface area (TPSA) is 134 Å². The quantitative estimate of drug-likeness (QED) is 0.0264. The number of ether oxygens (including phenoxy) is 2. The van der Waals surface area contributed by atoms with Crippen LogP contribution in [0.5, 0.6) is 0 Å². The van der Waals surface area contributed by atoms with Crippen molar-refractivity contribution < 1.29 is 37.6 Å². The molecule has 0 spiro atoms. The van der Waals surface area contributed by atoms with Gasteiger partial charge in [-0.25, -0.2) is 4.57 Å². The van der Waals surface area contributed by atoms with Crippen LogP contribution in [0.4, 0.5) is 0 Å². The Labute approximate surface area is 614 Å². The highest BCUT2D eigenvalue weighted by molar-refractivity contribution is 7.47. The molecule has 3 N–H and O–H groups in total. The predicted octanol–water partition coefficient (Wildman–Crippen LogP) is 29.2. The number of phosphoric ester groups is 1. The van der Waals surface area contributed by atoms with Crippen LogP contribution in [0.25, 0.3) is 0 Å². The molecule has 0 aliphatic carbocycles. The van der Waals surface area contributed by atoms with Gasteiger partial charge in [-0.2, -0.15) is 0 Å². The van der Waals surface area contributed by atoms with Crippen LogP contribution in [-0.2, 0) is 32.7 Å². The maximum absolute atomic E-state index is 12.8. The number of phosphoric acid groups is 1. The van der Waals surface area contributed by atoms with E-state index in [-0.39, 0.29) is 38.6 Å². The molecule has 99 heavy (non-hydrogen) atoms. The van der Waals surface area contributed by atoms with Crippen LogP contribution >= 0.6 is 7.82 Å². The van der Waals surface area contributed by atoms with E-state index in [0.29, 0.717) is 6.42 Å². The number of allylic oxidation sites excluding steroid dienone is 14. The largest absolute Gasteiger partial charge is 0.472 e. The van der Waals surface area contributed by atoms with Gasteiger partial charge in [-0.15, -0.1) is 0 Å². The number of hydrogen-bond donors (Lipinski definition) is 2. The average Bonchev–Trinajstić information content (AvgIpc) is 1.35. The van der Waals surface area contributed by atoms with E-state index in [1.54, 1.807) is 0 Å². The zero-order valence-electron chi connectivity index (χ0n) is 65.5. The van der Waals surface area contributed by atoms with E-state index >= 15 is 0 Å². The van der Waals surface area contributed by atoms with Gasteiger partial charge in [0.1, 0.15) is 6.61 Å². The number of esters is 2. The molecule has 0 fully saturated rings. The molecule has 0 aliphatic rings. The molecule has 0 aromatic heterocycles. The first kappa shape index (κ1) is 96.2. The van der Waals surface area contributed by atoms with Crippen LogP contribution in [0.15, 0.2) is 85.1 Å². The molecule has 0 heterocycles. The maximum Gasteiger partial charge on any atom is 0.472 e. The van der Waals surface area contributed by atoms with Crippen molar-refractivity contribution in [1.29, 1.82) is 0 Å². The van der Waals surface area contributed by atoms with Crippen LogP contribution in [0, 0.1) is 0 Å². The summed E-state index contributed by atoms with van der Waals surface area (Å²) in [6.45, 7) is 3.69. The number of carbonyl (C=O) groups excluding carboxylic acids is 2. The lowest BCUT2D eigenvalue weighted by molar-refractivity contribution is -0.161. The van der Waals surface area contributed by atoms with Crippen LogP contribution in [0.3, 0.4) is 0 Å². The zero-order chi connectivity index (χ0) is 71.5. The van der Waals surface area contributed by atoms with Crippen LogP contribution in [0.2, 0.25) is 0 Å². The molecule has 0 aliphatic heterocycles. The van der Waals surface area contributed by atoms with Crippen molar-refractivity contribution in [3.8, 4) is 0 Å². The fourth-order valence-corrected chi connectivity index (χ4v) is 13.7. The van der Waals surface area contributed by atoms with E-state index in [2.05, 4.69) is 98.9 Å². The Morgan fingerprint density at radius 2 is 0.556 bits per heavy atom. The standard InChI is InChI=1S/C89H164NO8P/c1-3-5-7-9-11-13-15-17-19-21-23-25-27-29-31-33-35-37-39-41-43-45-47-49-51-53-55-57-59-61-63-65-67-69-71-73-75-77-79-81-88(91)95-85-87(86-97-99(93,94)96-84-83-90)98-89(92)82-80-78-76-74-72-70-68-66-64-62-60-58-56-54-52-50-48-46-44-42-40-38-36-34-32-30-28-26-24-22-20-18-16-14-12-10-8-6-4-2/h6,8,12,14-15,17-18,20-21,23-24,26-27,29,87H,3-5,7,9-11,13,16,19,22,25,28,30-86,90H2,1-2H3,(H,93,94)/b8-6-,14-12-,17-15-,20-18-,23-21-,26-24-,29-27-. The van der Waals surface area contributed by atoms with E-state index in [1.165, 1.54) is 334 Å². The van der Waals surface area contributed by atoms with Gasteiger partial charge in [0.05, 0.1) is 13.2 Å². The highest BCUT2D eigenvalue weighted by Crippen LogP contribution is 2.43. The minimum absolute atomic E-state index is 0.0550. The number of carbonyl (C=O) groups is 2. The minimum atomic E-state index is -4.40. The number of unbranched alkanes of at least 4 members (excludes halogenated alkanes) is 55. The summed E-state index contributed by atoms with van der Waals surface area (Å²) < 4.78 is 33.3. The monoisotopic (exact) mass is 1410 g/mol. The highest BCUT2D eigenvalue weighted by Gasteiger charge is 2.26. The Morgan fingerprint density at radius 1 is 0.313 bits per heavy atom. The molecule has 2 atom stereocenters. The van der Waals surface area contributed by atoms with Gasteiger partial charge in [-0.3, -0.25) is 18.6 Å². The van der Waals surface area contributed by atoms with Gasteiger partial charge in [-0.1, -0.05) is 420 Å². The third kappa shape index (κ3) is 84.0. The van der Waals surface area contributed by atoms with Gasteiger partial charge in [0.15, 0.2) is 6.10 Å². The molecule has 578 valence electrons. The molecule has 0 aromatic carbocycles. The Morgan fingerprint density at radius 3 is 0.828 bits per heavy atom. The van der Waals surface area contributed by atoms with E-state index < -0.39 is 26.5 Å². The first-order valence-electron chi connectivity index (χ1n) is 43.1. The number of rotatable bonds is 82. The second kappa shape index (κ2) is 84.1. The first-order valence-corrected chi connectivity index (χ1v) is 44.6. The van der Waals surface area contributed by atoms with E-state index in [0.717, 1.165) is 70.6 Å². The molecular formula is C89H164NO8P. The van der Waals surface area contributed by atoms with Gasteiger partial charge < -0.3 is 20.1 Å². The predicted molar refractivity (Wildman–Crippen MR) is 432 cm³/mol. The van der Waals surface area contributed by atoms with Crippen molar-refractivity contribution in [3.05, 3.63) is 85.1 Å². The summed E-state index contributed by atoms with van der Waals surface area (Å²) in [5, 5.41) is 0. The Kier molecular flexibility index (Phi) is 81.7. The molecule has 0 saturated carbocycles. The summed E-state index contributed by atoms with van der Waals surface area (Å²) in [4.78, 5) is 35.5. The Hall–Kier alpha value is -2.81. The smallest absolute Gasteiger partial charge is 0.462 e. The fraction of sp³-hybridized carbons (Fsp3) is 0.820. The van der Waals surface area contributed by atoms with Crippen molar-refractivity contribution >= 4 is 19.8 Å². The third-order valence-corrected chi connectivity index (χ3v) is 20.2. The molecular weight excluding hydrogens is 1240 g/mol. The molecule has 0 rings (SSSR count). The fourth-order valence-electron chi connectivity index (χ4n) is 12.9. The molecule has 2 unspecified atom stereocenters. The normalized spacial score (nSPS) is 13.2. The van der Waals surface area contributed by atoms with Gasteiger partial charge in [0, 0.05) is 19.4 Å². The SMILES string of the molecule is CC/C=C\C/C=C\C/C=C\C/C=C\CCCCCCCCCCCCCCCCCCCCCCCCCCCCC(=O)OC(COC(=O)CCCCCCCCCCCCCCCCCCCCCCCCCC/C=C\C/C=C\C/C=C\CCCCCCC)COP(=O)(O)OCCN. The highest BCUT2D eigenvalue weighted by atomic mass is 31.2. The summed E-state index contributed by atoms with van der Waals surface area (Å²) >= 11 is 0. The summed E-state index contributed by atoms with van der Waals surface area (Å²) in [7, 11) is -4.40. The summed E-state index contributed by atoms with van der Waals surface area (Å²) in [6, 6.07) is 0. The molecule has 0 saturated heterocycles. The van der Waals surface area contributed by atoms with Crippen molar-refractivity contribution in [2.45, 2.75) is 444 Å². The summed E-state index contributed by atoms with van der Waals surface area (Å²) in [5.41, 5.74) is 5.42. The lowest BCUT2D eigenvalue weighted by Gasteiger charge is -2.19. The molecule has 0 radical (unpaired) electrons. The maximum atomic E-state index is 12.8. The summed E-state index contributed by atoms with van der Waals surface area (Å²) in [6.07, 6.45) is 115. The molecule has 0 amide bonds. The van der Waals surface area contributed by atoms with Crippen molar-refractivity contribution in [2.24, 2.45) is 5.73 Å². The average molecular weight is 1410 g/mol. The first-order chi connectivity index (χ1) is 48.8. The van der Waals surface area contributed by atoms with E-state index in [1.807, 2.05) is 0 Å². The van der Waals surface area contributed by atoms with E-state index in [4.69, 9.17) is 24.3 Å². The lowest BCUT2D eigenvalue weighted by atomic mass is 10.0. The second-order valence-electron chi connectivity index (χ2n) is 29.0. The zero-order valence-corrected chi connectivity index (χ0v) is 66.4. The van der Waals surface area contributed by atoms with Gasteiger partial charge in [-0.05, 0) is 89.9 Å². The minimum Gasteiger partial charge on any atom is -0.462 e. The van der Waals surface area contributed by atoms with Crippen molar-refractivity contribution in [1.82, 2.24) is 0 Å². The van der Waals surface area contributed by atoms with Crippen molar-refractivity contribution in [3.63, 3.8) is 0 Å². The number of hydrogen-bond acceptors (Lipinski definition) is 8. The van der Waals surface area contributed by atoms with E-state index in [9.17, 15) is 19.0 Å². The summed E-state index contributed by atoms with van der Waals surface area (Å²) in [5.74, 6) is -0.803. The van der Waals surface area contributed by atoms with Crippen LogP contribution < -0.4 is 5.73 Å². The Bertz CT molecular complexity index is 1910. The third-order valence-electron chi connectivity index (χ3n) is 19.3. The van der Waals surface area contributed by atoms with Gasteiger partial charge in [0.2, 0.25) is 0 Å². The van der Waals surface area contributed by atoms with Crippen LogP contribution in [0.1, 0.15) is 438 Å². The molecule has 10 heteroatoms. The van der Waals surface area contributed by atoms with Gasteiger partial charge >= 0.3 is 19.8 Å². The molecule has 9 nitrogen and oxygen atoms in total. The van der Waals surface area contributed by atoms with Gasteiger partial charge in [0.25, 0.3) is 0 Å². The molecule has 0 aromatic rings. The number of nitrogens with two attached hydrogens (primary N) is 1. The lowest BCUT2D eigenvalue weighted by Crippen LogP contribution is -2.29. The van der Waals surface area contributed by atoms with Crippen LogP contribution in [-0.4, -0.2) is 49.3 Å². The Balaban J connectivity index is 3.72. The second-order valence-corrected chi connectivity index (χ2v) is 30.5.